The van der Waals surface area contributed by atoms with Gasteiger partial charge in [-0.15, -0.1) is 0 Å². The first-order valence-electron chi connectivity index (χ1n) is 16.2. The fourth-order valence-electron chi connectivity index (χ4n) is 8.81. The molecule has 0 aromatic rings. The number of nitrogens with zero attached hydrogens (tertiary/aromatic N) is 4. The van der Waals surface area contributed by atoms with Crippen LogP contribution in [0.25, 0.3) is 0 Å². The number of hydrogen-bond donors (Lipinski definition) is 1. The van der Waals surface area contributed by atoms with Gasteiger partial charge in [-0.1, -0.05) is 26.3 Å². The van der Waals surface area contributed by atoms with Gasteiger partial charge in [0.2, 0.25) is 17.1 Å². The average Bonchev–Trinajstić information content (AvgIpc) is 3.42. The lowest BCUT2D eigenvalue weighted by Crippen LogP contribution is -2.43. The third-order valence-electron chi connectivity index (χ3n) is 11.0. The van der Waals surface area contributed by atoms with E-state index in [2.05, 4.69) is 41.6 Å². The molecule has 1 saturated heterocycles. The number of hydrogen-bond acceptors (Lipinski definition) is 10. The summed E-state index contributed by atoms with van der Waals surface area (Å²) in [4.78, 5) is 25.0. The van der Waals surface area contributed by atoms with E-state index in [9.17, 15) is 33.2 Å². The quantitative estimate of drug-likeness (QED) is 0.158. The summed E-state index contributed by atoms with van der Waals surface area (Å²) in [5, 5.41) is 24.0. The Balaban J connectivity index is 1.42. The van der Waals surface area contributed by atoms with Crippen LogP contribution in [0, 0.1) is 37.5 Å². The number of rotatable bonds is 10. The number of fused-ring (bicyclic) bond motifs is 2. The van der Waals surface area contributed by atoms with E-state index < -0.39 is 27.5 Å². The molecule has 5 rings (SSSR count). The third-order valence-corrected chi connectivity index (χ3v) is 13.7. The van der Waals surface area contributed by atoms with Crippen molar-refractivity contribution in [1.29, 1.82) is 0 Å². The minimum atomic E-state index is -4.35. The Morgan fingerprint density at radius 1 is 1.05 bits per heavy atom. The molecule has 4 fully saturated rings. The lowest BCUT2D eigenvalue weighted by Gasteiger charge is -2.39. The molecule has 44 heavy (non-hydrogen) atoms. The predicted octanol–water partition coefficient (Wildman–Crippen LogP) is 3.76. The summed E-state index contributed by atoms with van der Waals surface area (Å²) in [7, 11) is -4.35. The van der Waals surface area contributed by atoms with Crippen molar-refractivity contribution in [1.82, 2.24) is 4.90 Å². The molecule has 7 unspecified atom stereocenters. The molecule has 2 N–H and O–H groups in total. The first kappa shape index (κ1) is 33.3. The van der Waals surface area contributed by atoms with Crippen LogP contribution in [0.5, 0.6) is 0 Å². The smallest absolute Gasteiger partial charge is 0.235 e. The SMILES string of the molecule is CC1(C)/C(=C\C=C\C2=[N+](CC3CC([N+](=O)[O-])CC([N+](=O)[O-])C3)C3CCCCC3S2)N(CCCN)C2CCC(S(=O)(=O)[O-])CC21. The van der Waals surface area contributed by atoms with Crippen molar-refractivity contribution in [2.45, 2.75) is 119 Å². The van der Waals surface area contributed by atoms with Gasteiger partial charge in [-0.2, -0.15) is 0 Å². The highest BCUT2D eigenvalue weighted by atomic mass is 32.2. The van der Waals surface area contributed by atoms with Crippen LogP contribution in [0.2, 0.25) is 0 Å². The van der Waals surface area contributed by atoms with E-state index in [1.54, 1.807) is 0 Å². The zero-order valence-electron chi connectivity index (χ0n) is 25.8. The molecular formula is C30H47N5O7S2. The Kier molecular flexibility index (Phi) is 10.1. The molecule has 0 spiro atoms. The highest BCUT2D eigenvalue weighted by Crippen LogP contribution is 2.54. The average molecular weight is 654 g/mol. The molecule has 5 aliphatic rings. The highest BCUT2D eigenvalue weighted by molar-refractivity contribution is 8.14. The van der Waals surface area contributed by atoms with Crippen LogP contribution >= 0.6 is 11.8 Å². The predicted molar refractivity (Wildman–Crippen MR) is 169 cm³/mol. The summed E-state index contributed by atoms with van der Waals surface area (Å²) >= 11 is 1.85. The van der Waals surface area contributed by atoms with Gasteiger partial charge in [0.1, 0.15) is 6.54 Å². The summed E-state index contributed by atoms with van der Waals surface area (Å²) in [6, 6.07) is -1.27. The summed E-state index contributed by atoms with van der Waals surface area (Å²) in [5.74, 6) is -0.0721. The molecule has 2 heterocycles. The maximum absolute atomic E-state index is 11.9. The van der Waals surface area contributed by atoms with Crippen LogP contribution in [-0.2, 0) is 10.1 Å². The molecule has 14 heteroatoms. The number of nitrogens with two attached hydrogens (primary N) is 1. The van der Waals surface area contributed by atoms with Crippen LogP contribution in [0.4, 0.5) is 0 Å². The van der Waals surface area contributed by atoms with Gasteiger partial charge >= 0.3 is 0 Å². The van der Waals surface area contributed by atoms with Crippen molar-refractivity contribution in [2.75, 3.05) is 19.6 Å². The standard InChI is InChI=1S/C30H47N5O7S2/c1-30(2)24-18-23(44(40,41)42)11-12-25(24)32(14-6-13-31)28(30)9-5-10-29-33(26-7-3-4-8-27(26)43-29)19-20-15-21(34(36)37)17-22(16-20)35(38)39/h5,9-10,20-27H,3-4,6-8,11-19,31H2,1-2H3. The summed E-state index contributed by atoms with van der Waals surface area (Å²) < 4.78 is 38.2. The van der Waals surface area contributed by atoms with Crippen molar-refractivity contribution >= 4 is 26.9 Å². The Morgan fingerprint density at radius 2 is 1.73 bits per heavy atom. The van der Waals surface area contributed by atoms with E-state index in [1.165, 1.54) is 6.42 Å². The number of nitro groups is 2. The van der Waals surface area contributed by atoms with E-state index in [-0.39, 0.29) is 39.6 Å². The van der Waals surface area contributed by atoms with Gasteiger partial charge in [0.15, 0.2) is 6.04 Å². The second kappa shape index (κ2) is 13.4. The molecule has 0 radical (unpaired) electrons. The number of thioether (sulfide) groups is 1. The van der Waals surface area contributed by atoms with Gasteiger partial charge in [-0.25, -0.2) is 13.0 Å². The Labute approximate surface area is 264 Å². The lowest BCUT2D eigenvalue weighted by atomic mass is 9.71. The van der Waals surface area contributed by atoms with Crippen LogP contribution < -0.4 is 5.73 Å². The molecule has 246 valence electrons. The molecule has 0 bridgehead atoms. The topological polar surface area (TPSA) is 176 Å². The molecule has 3 aliphatic carbocycles. The molecule has 3 saturated carbocycles. The van der Waals surface area contributed by atoms with E-state index in [4.69, 9.17) is 5.73 Å². The normalized spacial score (nSPS) is 36.5. The maximum atomic E-state index is 11.9. The fourth-order valence-corrected chi connectivity index (χ4v) is 11.2. The molecule has 0 amide bonds. The molecule has 0 aromatic heterocycles. The highest BCUT2D eigenvalue weighted by Gasteiger charge is 2.53. The maximum Gasteiger partial charge on any atom is 0.235 e. The second-order valence-corrected chi connectivity index (χ2v) is 16.9. The Hall–Kier alpha value is -2.03. The summed E-state index contributed by atoms with van der Waals surface area (Å²) in [6.07, 6.45) is 13.7. The van der Waals surface area contributed by atoms with Crippen LogP contribution in [0.1, 0.15) is 84.5 Å². The fraction of sp³-hybridized carbons (Fsp3) is 0.833. The van der Waals surface area contributed by atoms with Crippen LogP contribution in [0.15, 0.2) is 23.9 Å². The van der Waals surface area contributed by atoms with E-state index in [0.29, 0.717) is 56.5 Å². The van der Waals surface area contributed by atoms with Gasteiger partial charge in [0, 0.05) is 70.1 Å². The monoisotopic (exact) mass is 653 g/mol. The lowest BCUT2D eigenvalue weighted by molar-refractivity contribution is -0.590. The van der Waals surface area contributed by atoms with Crippen LogP contribution in [0.3, 0.4) is 0 Å². The molecule has 0 aromatic carbocycles. The summed E-state index contributed by atoms with van der Waals surface area (Å²) in [6.45, 7) is 6.20. The molecule has 7 atom stereocenters. The molecule has 12 nitrogen and oxygen atoms in total. The largest absolute Gasteiger partial charge is 0.748 e. The van der Waals surface area contributed by atoms with Gasteiger partial charge in [0.25, 0.3) is 0 Å². The van der Waals surface area contributed by atoms with Gasteiger partial charge in [-0.3, -0.25) is 20.2 Å². The minimum Gasteiger partial charge on any atom is -0.748 e. The van der Waals surface area contributed by atoms with Crippen molar-refractivity contribution < 1.29 is 27.4 Å². The molecule has 2 aliphatic heterocycles. The van der Waals surface area contributed by atoms with Gasteiger partial charge in [0.05, 0.1) is 21.8 Å². The Bertz CT molecular complexity index is 1290. The van der Waals surface area contributed by atoms with Crippen molar-refractivity contribution in [2.24, 2.45) is 23.0 Å². The molecular weight excluding hydrogens is 606 g/mol. The first-order valence-corrected chi connectivity index (χ1v) is 18.5. The van der Waals surface area contributed by atoms with Crippen molar-refractivity contribution in [3.63, 3.8) is 0 Å². The number of likely N-dealkylation sites (tertiary alicyclic amines) is 1. The van der Waals surface area contributed by atoms with Gasteiger partial charge in [-0.05, 0) is 68.8 Å². The van der Waals surface area contributed by atoms with Gasteiger partial charge < -0.3 is 15.2 Å². The zero-order valence-corrected chi connectivity index (χ0v) is 27.4. The van der Waals surface area contributed by atoms with Crippen molar-refractivity contribution in [3.05, 3.63) is 44.2 Å². The second-order valence-electron chi connectivity index (χ2n) is 14.0. The summed E-state index contributed by atoms with van der Waals surface area (Å²) in [5.41, 5.74) is 6.68. The third kappa shape index (κ3) is 6.87. The van der Waals surface area contributed by atoms with E-state index >= 15 is 0 Å². The van der Waals surface area contributed by atoms with Crippen molar-refractivity contribution in [3.8, 4) is 0 Å². The Morgan fingerprint density at radius 3 is 2.36 bits per heavy atom. The first-order chi connectivity index (χ1) is 20.8. The number of allylic oxidation sites excluding steroid dienone is 3. The van der Waals surface area contributed by atoms with E-state index in [1.807, 2.05) is 11.8 Å². The van der Waals surface area contributed by atoms with E-state index in [0.717, 1.165) is 43.0 Å². The van der Waals surface area contributed by atoms with Crippen LogP contribution in [-0.4, -0.2) is 91.6 Å². The minimum absolute atomic E-state index is 0.00126. The zero-order chi connectivity index (χ0) is 31.8.